The van der Waals surface area contributed by atoms with Crippen LogP contribution >= 0.6 is 0 Å². The number of para-hydroxylation sites is 2. The molecule has 3 nitrogen and oxygen atoms in total. The van der Waals surface area contributed by atoms with Crippen molar-refractivity contribution in [2.45, 2.75) is 6.92 Å². The largest absolute Gasteiger partial charge is 0.328 e. The third-order valence-corrected chi connectivity index (χ3v) is 3.59. The molecule has 3 rings (SSSR count). The second-order valence-corrected chi connectivity index (χ2v) is 5.01. The van der Waals surface area contributed by atoms with E-state index in [1.807, 2.05) is 61.3 Å². The number of anilines is 2. The number of pyridine rings is 1. The third kappa shape index (κ3) is 2.32. The van der Waals surface area contributed by atoms with Gasteiger partial charge >= 0.3 is 0 Å². The molecule has 0 aliphatic heterocycles. The average Bonchev–Trinajstić information content (AvgIpc) is 2.53. The van der Waals surface area contributed by atoms with Crippen LogP contribution in [0.5, 0.6) is 0 Å². The molecule has 0 saturated carbocycles. The van der Waals surface area contributed by atoms with Crippen LogP contribution in [0, 0.1) is 18.3 Å². The smallest absolute Gasteiger partial charge is 0.136 e. The molecule has 0 aliphatic carbocycles. The fraction of sp³-hybridized carbons (Fsp3) is 0.111. The van der Waals surface area contributed by atoms with Gasteiger partial charge in [-0.1, -0.05) is 30.3 Å². The maximum atomic E-state index is 9.26. The molecule has 0 fully saturated rings. The summed E-state index contributed by atoms with van der Waals surface area (Å²) in [6.07, 6.45) is 0. The highest BCUT2D eigenvalue weighted by Crippen LogP contribution is 2.29. The molecule has 0 N–H and O–H groups in total. The molecule has 0 saturated heterocycles. The van der Waals surface area contributed by atoms with E-state index in [0.717, 1.165) is 28.0 Å². The van der Waals surface area contributed by atoms with Crippen molar-refractivity contribution in [3.8, 4) is 6.07 Å². The number of nitriles is 1. The van der Waals surface area contributed by atoms with Crippen LogP contribution in [-0.4, -0.2) is 12.0 Å². The molecule has 0 radical (unpaired) electrons. The van der Waals surface area contributed by atoms with Gasteiger partial charge in [0, 0.05) is 12.4 Å². The molecule has 2 aromatic carbocycles. The predicted molar refractivity (Wildman–Crippen MR) is 85.7 cm³/mol. The molecule has 0 aliphatic rings. The lowest BCUT2D eigenvalue weighted by Gasteiger charge is -2.21. The van der Waals surface area contributed by atoms with Crippen LogP contribution in [-0.2, 0) is 0 Å². The molecule has 21 heavy (non-hydrogen) atoms. The van der Waals surface area contributed by atoms with Gasteiger partial charge in [0.2, 0.25) is 0 Å². The van der Waals surface area contributed by atoms with Crippen molar-refractivity contribution < 1.29 is 0 Å². The summed E-state index contributed by atoms with van der Waals surface area (Å²) in [5.74, 6) is 0.872. The normalized spacial score (nSPS) is 10.3. The maximum Gasteiger partial charge on any atom is 0.136 e. The van der Waals surface area contributed by atoms with E-state index in [-0.39, 0.29) is 0 Å². The van der Waals surface area contributed by atoms with Gasteiger partial charge in [-0.15, -0.1) is 0 Å². The first-order chi connectivity index (χ1) is 10.2. The molecule has 3 heteroatoms. The van der Waals surface area contributed by atoms with E-state index < -0.39 is 0 Å². The number of fused-ring (bicyclic) bond motifs is 1. The zero-order chi connectivity index (χ0) is 14.8. The van der Waals surface area contributed by atoms with Crippen molar-refractivity contribution in [1.29, 1.82) is 5.26 Å². The van der Waals surface area contributed by atoms with Gasteiger partial charge < -0.3 is 4.90 Å². The van der Waals surface area contributed by atoms with Gasteiger partial charge in [-0.3, -0.25) is 0 Å². The molecule has 0 bridgehead atoms. The summed E-state index contributed by atoms with van der Waals surface area (Å²) in [6.45, 7) is 2.04. The van der Waals surface area contributed by atoms with Crippen LogP contribution in [0.1, 0.15) is 11.1 Å². The number of rotatable bonds is 2. The second-order valence-electron chi connectivity index (χ2n) is 5.01. The predicted octanol–water partition coefficient (Wildman–Crippen LogP) is 4.18. The minimum atomic E-state index is 0.648. The van der Waals surface area contributed by atoms with Crippen molar-refractivity contribution in [3.05, 3.63) is 65.7 Å². The van der Waals surface area contributed by atoms with E-state index in [9.17, 15) is 5.26 Å². The molecule has 0 atom stereocenters. The van der Waals surface area contributed by atoms with E-state index in [1.54, 1.807) is 0 Å². The molecule has 0 unspecified atom stereocenters. The Balaban J connectivity index is 2.15. The fourth-order valence-corrected chi connectivity index (χ4v) is 2.53. The standard InChI is InChI=1S/C18H15N3/c1-13-11-14-7-3-5-9-16(14)20-18(13)21(2)17-10-6-4-8-15(17)12-19/h3-11H,1-2H3. The Morgan fingerprint density at radius 3 is 2.57 bits per heavy atom. The van der Waals surface area contributed by atoms with E-state index >= 15 is 0 Å². The molecular formula is C18H15N3. The maximum absolute atomic E-state index is 9.26. The van der Waals surface area contributed by atoms with E-state index in [0.29, 0.717) is 5.56 Å². The molecule has 0 amide bonds. The first kappa shape index (κ1) is 13.1. The zero-order valence-electron chi connectivity index (χ0n) is 12.0. The van der Waals surface area contributed by atoms with Crippen molar-refractivity contribution >= 4 is 22.4 Å². The number of hydrogen-bond donors (Lipinski definition) is 0. The first-order valence-corrected chi connectivity index (χ1v) is 6.80. The summed E-state index contributed by atoms with van der Waals surface area (Å²) in [6, 6.07) is 20.0. The molecule has 0 spiro atoms. The summed E-state index contributed by atoms with van der Waals surface area (Å²) in [4.78, 5) is 6.72. The number of hydrogen-bond acceptors (Lipinski definition) is 3. The lowest BCUT2D eigenvalue weighted by Crippen LogP contribution is -2.14. The number of aryl methyl sites for hydroxylation is 1. The van der Waals surface area contributed by atoms with Crippen LogP contribution in [0.15, 0.2) is 54.6 Å². The van der Waals surface area contributed by atoms with Gasteiger partial charge in [-0.05, 0) is 36.8 Å². The first-order valence-electron chi connectivity index (χ1n) is 6.80. The summed E-state index contributed by atoms with van der Waals surface area (Å²) in [7, 11) is 1.94. The van der Waals surface area contributed by atoms with Crippen molar-refractivity contribution in [1.82, 2.24) is 4.98 Å². The van der Waals surface area contributed by atoms with E-state index in [4.69, 9.17) is 4.98 Å². The monoisotopic (exact) mass is 273 g/mol. The van der Waals surface area contributed by atoms with Crippen LogP contribution in [0.3, 0.4) is 0 Å². The van der Waals surface area contributed by atoms with Gasteiger partial charge in [-0.25, -0.2) is 4.98 Å². The van der Waals surface area contributed by atoms with Crippen molar-refractivity contribution in [2.75, 3.05) is 11.9 Å². The molecule has 1 aromatic heterocycles. The quantitative estimate of drug-likeness (QED) is 0.703. The Morgan fingerprint density at radius 1 is 1.05 bits per heavy atom. The fourth-order valence-electron chi connectivity index (χ4n) is 2.53. The van der Waals surface area contributed by atoms with E-state index in [1.165, 1.54) is 0 Å². The second kappa shape index (κ2) is 5.26. The Hall–Kier alpha value is -2.86. The number of benzene rings is 2. The highest BCUT2D eigenvalue weighted by Gasteiger charge is 2.13. The average molecular weight is 273 g/mol. The minimum Gasteiger partial charge on any atom is -0.328 e. The summed E-state index contributed by atoms with van der Waals surface area (Å²) in [5, 5.41) is 10.4. The van der Waals surface area contributed by atoms with E-state index in [2.05, 4.69) is 18.2 Å². The van der Waals surface area contributed by atoms with Crippen molar-refractivity contribution in [2.24, 2.45) is 0 Å². The van der Waals surface area contributed by atoms with Gasteiger partial charge in [-0.2, -0.15) is 5.26 Å². The van der Waals surface area contributed by atoms with Gasteiger partial charge in [0.1, 0.15) is 11.9 Å². The number of nitrogens with zero attached hydrogens (tertiary/aromatic N) is 3. The zero-order valence-corrected chi connectivity index (χ0v) is 12.0. The Labute approximate surface area is 124 Å². The summed E-state index contributed by atoms with van der Waals surface area (Å²) >= 11 is 0. The van der Waals surface area contributed by atoms with Crippen LogP contribution in [0.4, 0.5) is 11.5 Å². The highest BCUT2D eigenvalue weighted by molar-refractivity contribution is 5.83. The van der Waals surface area contributed by atoms with Crippen LogP contribution in [0.25, 0.3) is 10.9 Å². The lowest BCUT2D eigenvalue weighted by molar-refractivity contribution is 1.12. The van der Waals surface area contributed by atoms with Crippen LogP contribution < -0.4 is 4.90 Å². The molecule has 1 heterocycles. The topological polar surface area (TPSA) is 39.9 Å². The minimum absolute atomic E-state index is 0.648. The van der Waals surface area contributed by atoms with Crippen LogP contribution in [0.2, 0.25) is 0 Å². The molecule has 102 valence electrons. The Morgan fingerprint density at radius 2 is 1.76 bits per heavy atom. The number of aromatic nitrogens is 1. The van der Waals surface area contributed by atoms with Crippen molar-refractivity contribution in [3.63, 3.8) is 0 Å². The molecular weight excluding hydrogens is 258 g/mol. The molecule has 3 aromatic rings. The highest BCUT2D eigenvalue weighted by atomic mass is 15.2. The van der Waals surface area contributed by atoms with Gasteiger partial charge in [0.25, 0.3) is 0 Å². The van der Waals surface area contributed by atoms with Gasteiger partial charge in [0.15, 0.2) is 0 Å². The third-order valence-electron chi connectivity index (χ3n) is 3.59. The Bertz CT molecular complexity index is 846. The lowest BCUT2D eigenvalue weighted by atomic mass is 10.1. The Kier molecular flexibility index (Phi) is 3.29. The summed E-state index contributed by atoms with van der Waals surface area (Å²) < 4.78 is 0. The SMILES string of the molecule is Cc1cc2ccccc2nc1N(C)c1ccccc1C#N. The van der Waals surface area contributed by atoms with Gasteiger partial charge in [0.05, 0.1) is 16.8 Å². The summed E-state index contributed by atoms with van der Waals surface area (Å²) in [5.41, 5.74) is 3.56.